The van der Waals surface area contributed by atoms with Crippen molar-refractivity contribution in [1.82, 2.24) is 14.1 Å². The van der Waals surface area contributed by atoms with Crippen molar-refractivity contribution in [3.63, 3.8) is 0 Å². The Balaban J connectivity index is 0.944. The van der Waals surface area contributed by atoms with Crippen LogP contribution in [0.4, 0.5) is 9.59 Å². The number of aromatic nitrogens is 3. The van der Waals surface area contributed by atoms with Gasteiger partial charge in [-0.1, -0.05) is 6.07 Å². The van der Waals surface area contributed by atoms with Crippen LogP contribution in [-0.4, -0.2) is 81.2 Å². The number of nitrogens with zero attached hydrogens (tertiary/aromatic N) is 3. The second kappa shape index (κ2) is 14.7. The van der Waals surface area contributed by atoms with Crippen molar-refractivity contribution in [2.75, 3.05) is 54.9 Å². The minimum atomic E-state index is -0.557. The van der Waals surface area contributed by atoms with Gasteiger partial charge >= 0.3 is 12.2 Å². The van der Waals surface area contributed by atoms with E-state index in [9.17, 15) is 9.59 Å². The first kappa shape index (κ1) is 33.8. The maximum absolute atomic E-state index is 13.3. The van der Waals surface area contributed by atoms with Crippen molar-refractivity contribution in [2.24, 2.45) is 0 Å². The van der Waals surface area contributed by atoms with Crippen LogP contribution in [0.5, 0.6) is 34.8 Å². The van der Waals surface area contributed by atoms with Crippen LogP contribution < -0.4 is 28.4 Å². The van der Waals surface area contributed by atoms with Gasteiger partial charge in [0, 0.05) is 33.7 Å². The van der Waals surface area contributed by atoms with E-state index in [0.717, 1.165) is 21.5 Å². The van der Waals surface area contributed by atoms with E-state index in [1.807, 2.05) is 48.5 Å². The molecule has 13 heteroatoms. The van der Waals surface area contributed by atoms with Crippen LogP contribution >= 0.6 is 0 Å². The summed E-state index contributed by atoms with van der Waals surface area (Å²) in [5.74, 6) is 3.21. The van der Waals surface area contributed by atoms with Gasteiger partial charge in [-0.25, -0.2) is 18.7 Å². The van der Waals surface area contributed by atoms with Gasteiger partial charge in [-0.05, 0) is 72.8 Å². The molecule has 0 saturated carbocycles. The molecule has 266 valence electrons. The summed E-state index contributed by atoms with van der Waals surface area (Å²) in [4.78, 5) is 30.9. The minimum absolute atomic E-state index is 0.0304. The molecule has 0 spiro atoms. The summed E-state index contributed by atoms with van der Waals surface area (Å²) in [5.41, 5.74) is 2.68. The Kier molecular flexibility index (Phi) is 9.56. The lowest BCUT2D eigenvalue weighted by Gasteiger charge is -2.11. The summed E-state index contributed by atoms with van der Waals surface area (Å²) in [6.07, 6.45) is -1.11. The molecule has 13 nitrogen and oxygen atoms in total. The van der Waals surface area contributed by atoms with E-state index in [4.69, 9.17) is 37.9 Å². The number of carbonyl (C=O) groups excluding carboxylic acids is 2. The van der Waals surface area contributed by atoms with Gasteiger partial charge in [0.2, 0.25) is 11.8 Å². The van der Waals surface area contributed by atoms with Crippen LogP contribution in [-0.2, 0) is 9.47 Å². The van der Waals surface area contributed by atoms with Crippen LogP contribution in [0.2, 0.25) is 0 Å². The maximum Gasteiger partial charge on any atom is 0.419 e. The first-order chi connectivity index (χ1) is 25.4. The van der Waals surface area contributed by atoms with Crippen LogP contribution in [0.1, 0.15) is 0 Å². The fourth-order valence-corrected chi connectivity index (χ4v) is 6.10. The van der Waals surface area contributed by atoms with Gasteiger partial charge < -0.3 is 37.9 Å². The molecule has 0 radical (unpaired) electrons. The third-order valence-corrected chi connectivity index (χ3v) is 8.54. The van der Waals surface area contributed by atoms with Crippen molar-refractivity contribution in [2.45, 2.75) is 0 Å². The van der Waals surface area contributed by atoms with Crippen molar-refractivity contribution in [3.8, 4) is 34.8 Å². The predicted molar refractivity (Wildman–Crippen MR) is 194 cm³/mol. The minimum Gasteiger partial charge on any atom is -0.497 e. The summed E-state index contributed by atoms with van der Waals surface area (Å²) in [6, 6.07) is 26.9. The van der Waals surface area contributed by atoms with Crippen molar-refractivity contribution in [1.29, 1.82) is 0 Å². The lowest BCUT2D eigenvalue weighted by Crippen LogP contribution is -2.18. The average Bonchev–Trinajstić information content (AvgIpc) is 3.69. The molecule has 7 rings (SSSR count). The molecule has 0 amide bonds. The number of carbonyl (C=O) groups is 2. The summed E-state index contributed by atoms with van der Waals surface area (Å²) in [6.45, 7) is 0.0406. The molecular weight excluding hydrogens is 670 g/mol. The highest BCUT2D eigenvalue weighted by Gasteiger charge is 2.20. The molecule has 52 heavy (non-hydrogen) atoms. The van der Waals surface area contributed by atoms with E-state index in [2.05, 4.69) is 4.98 Å². The Hall–Kier alpha value is -6.63. The predicted octanol–water partition coefficient (Wildman–Crippen LogP) is 7.46. The molecule has 0 aliphatic rings. The molecule has 0 fully saturated rings. The average molecular weight is 706 g/mol. The second-order valence-corrected chi connectivity index (χ2v) is 11.4. The molecule has 7 aromatic rings. The van der Waals surface area contributed by atoms with E-state index in [-0.39, 0.29) is 38.2 Å². The van der Waals surface area contributed by atoms with Gasteiger partial charge in [-0.3, -0.25) is 0 Å². The molecular formula is C39H35N3O10. The molecule has 0 aliphatic heterocycles. The Morgan fingerprint density at radius 1 is 0.481 bits per heavy atom. The number of hydrogen-bond acceptors (Lipinski definition) is 11. The first-order valence-electron chi connectivity index (χ1n) is 16.3. The van der Waals surface area contributed by atoms with E-state index >= 15 is 0 Å². The number of rotatable bonds is 12. The van der Waals surface area contributed by atoms with E-state index in [1.54, 1.807) is 70.9 Å². The van der Waals surface area contributed by atoms with Gasteiger partial charge in [-0.2, -0.15) is 4.98 Å². The van der Waals surface area contributed by atoms with Crippen molar-refractivity contribution >= 4 is 55.8 Å². The Bertz CT molecular complexity index is 2150. The van der Waals surface area contributed by atoms with Gasteiger partial charge in [0.25, 0.3) is 0 Å². The number of methoxy groups -OCH3 is 4. The molecule has 0 bridgehead atoms. The molecule has 3 heterocycles. The Morgan fingerprint density at radius 2 is 0.808 bits per heavy atom. The monoisotopic (exact) mass is 705 g/mol. The molecule has 0 aliphatic carbocycles. The normalized spacial score (nSPS) is 11.2. The zero-order chi connectivity index (χ0) is 36.2. The van der Waals surface area contributed by atoms with Gasteiger partial charge in [0.1, 0.15) is 49.4 Å². The summed E-state index contributed by atoms with van der Waals surface area (Å²) in [7, 11) is 6.37. The van der Waals surface area contributed by atoms with Crippen molar-refractivity contribution < 1.29 is 47.5 Å². The smallest absolute Gasteiger partial charge is 0.419 e. The third-order valence-electron chi connectivity index (χ3n) is 8.54. The molecule has 0 unspecified atom stereocenters. The zero-order valence-corrected chi connectivity index (χ0v) is 28.9. The van der Waals surface area contributed by atoms with E-state index in [0.29, 0.717) is 45.1 Å². The van der Waals surface area contributed by atoms with Crippen LogP contribution in [0.25, 0.3) is 43.6 Å². The van der Waals surface area contributed by atoms with Crippen LogP contribution in [0.3, 0.4) is 0 Å². The number of hydrogen-bond donors (Lipinski definition) is 0. The fraction of sp³-hybridized carbons (Fsp3) is 0.205. The number of pyridine rings is 1. The highest BCUT2D eigenvalue weighted by molar-refractivity contribution is 6.14. The summed E-state index contributed by atoms with van der Waals surface area (Å²) >= 11 is 0. The molecule has 0 saturated heterocycles. The lowest BCUT2D eigenvalue weighted by molar-refractivity contribution is 0.123. The van der Waals surface area contributed by atoms with Gasteiger partial charge in [0.05, 0.1) is 50.5 Å². The maximum atomic E-state index is 13.3. The standard InChI is InChI=1S/C39H35N3O10/c1-45-24-8-12-32-28(20-24)29-21-25(46-2)9-13-33(29)41(32)38(43)51-18-16-49-36-6-5-7-37(40-36)50-17-19-52-39(44)42-34-14-10-26(47-3)22-30(34)31-23-27(48-4)11-15-35(31)42/h5-15,20-23H,16-19H2,1-4H3. The Morgan fingerprint density at radius 3 is 1.12 bits per heavy atom. The van der Waals surface area contributed by atoms with Crippen molar-refractivity contribution in [3.05, 3.63) is 91.0 Å². The molecule has 3 aromatic heterocycles. The SMILES string of the molecule is COc1ccc2c(c1)c1cc(OC)ccc1n2C(=O)OCCOc1cccc(OCCOC(=O)n2c3ccc(OC)cc3c3cc(OC)ccc32)n1. The van der Waals surface area contributed by atoms with Gasteiger partial charge in [-0.15, -0.1) is 0 Å². The highest BCUT2D eigenvalue weighted by atomic mass is 16.6. The first-order valence-corrected chi connectivity index (χ1v) is 16.3. The number of fused-ring (bicyclic) bond motifs is 6. The number of ether oxygens (including phenoxy) is 8. The highest BCUT2D eigenvalue weighted by Crippen LogP contribution is 2.35. The largest absolute Gasteiger partial charge is 0.497 e. The van der Waals surface area contributed by atoms with Crippen LogP contribution in [0.15, 0.2) is 91.0 Å². The lowest BCUT2D eigenvalue weighted by atomic mass is 10.1. The topological polar surface area (TPSA) is 131 Å². The summed E-state index contributed by atoms with van der Waals surface area (Å²) < 4.78 is 47.3. The quantitative estimate of drug-likeness (QED) is 0.117. The van der Waals surface area contributed by atoms with E-state index in [1.165, 1.54) is 9.13 Å². The van der Waals surface area contributed by atoms with Crippen LogP contribution in [0, 0.1) is 0 Å². The van der Waals surface area contributed by atoms with Gasteiger partial charge in [0.15, 0.2) is 0 Å². The van der Waals surface area contributed by atoms with E-state index < -0.39 is 12.2 Å². The Labute approximate surface area is 297 Å². The second-order valence-electron chi connectivity index (χ2n) is 11.4. The zero-order valence-electron chi connectivity index (χ0n) is 28.9. The summed E-state index contributed by atoms with van der Waals surface area (Å²) in [5, 5.41) is 3.30. The molecule has 0 N–H and O–H groups in total. The molecule has 0 atom stereocenters. The third kappa shape index (κ3) is 6.51. The molecule has 4 aromatic carbocycles. The number of benzene rings is 4. The fourth-order valence-electron chi connectivity index (χ4n) is 6.10.